The fraction of sp³-hybridized carbons (Fsp3) is 0.250. The second-order valence-electron chi connectivity index (χ2n) is 8.19. The third-order valence-corrected chi connectivity index (χ3v) is 7.63. The average molecular weight is 593 g/mol. The molecule has 1 saturated heterocycles. The number of nitrogens with one attached hydrogen (secondary N) is 2. The number of halogens is 1. The Labute approximate surface area is 230 Å². The number of carbonyl (C=O) groups excluding carboxylic acids is 3. The van der Waals surface area contributed by atoms with Crippen LogP contribution in [0.15, 0.2) is 41.0 Å². The van der Waals surface area contributed by atoms with Gasteiger partial charge in [-0.25, -0.2) is 18.5 Å². The van der Waals surface area contributed by atoms with Gasteiger partial charge in [-0.1, -0.05) is 14.8 Å². The first-order valence-electron chi connectivity index (χ1n) is 11.2. The van der Waals surface area contributed by atoms with Crippen LogP contribution in [0.25, 0.3) is 5.65 Å². The van der Waals surface area contributed by atoms with Gasteiger partial charge in [-0.05, 0) is 6.07 Å². The number of hydrogen-bond acceptors (Lipinski definition) is 12. The minimum Gasteiger partial charge on any atom is -0.477 e. The maximum atomic E-state index is 13.1. The highest BCUT2D eigenvalue weighted by Gasteiger charge is 2.54. The lowest BCUT2D eigenvalue weighted by molar-refractivity contribution is -0.662. The number of carboxylic acids is 1. The normalized spacial score (nSPS) is 18.8. The molecule has 0 radical (unpaired) electrons. The number of carboxylic acid groups (broad SMARTS) is 1. The number of carbonyl (C=O) groups is 4. The van der Waals surface area contributed by atoms with Gasteiger partial charge in [0.25, 0.3) is 18.7 Å². The van der Waals surface area contributed by atoms with Crippen LogP contribution in [0.2, 0.25) is 0 Å². The molecule has 3 aromatic heterocycles. The zero-order chi connectivity index (χ0) is 28.6. The molecule has 0 unspecified atom stereocenters. The molecule has 2 atom stereocenters. The number of anilines is 2. The minimum absolute atomic E-state index is 0.0284. The van der Waals surface area contributed by atoms with Crippen molar-refractivity contribution in [3.8, 4) is 0 Å². The van der Waals surface area contributed by atoms with Crippen molar-refractivity contribution in [2.75, 3.05) is 23.7 Å². The Morgan fingerprint density at radius 3 is 2.83 bits per heavy atom. The van der Waals surface area contributed by atoms with E-state index in [1.165, 1.54) is 22.3 Å². The van der Waals surface area contributed by atoms with Crippen LogP contribution in [0.3, 0.4) is 0 Å². The quantitative estimate of drug-likeness (QED) is 0.0841. The van der Waals surface area contributed by atoms with Gasteiger partial charge in [-0.3, -0.25) is 19.8 Å². The Balaban J connectivity index is 1.35. The molecule has 0 saturated carbocycles. The molecule has 3 aromatic rings. The van der Waals surface area contributed by atoms with E-state index in [4.69, 9.17) is 11.5 Å². The summed E-state index contributed by atoms with van der Waals surface area (Å²) in [5, 5.41) is 21.7. The Morgan fingerprint density at radius 2 is 2.15 bits per heavy atom. The first-order chi connectivity index (χ1) is 19.2. The Hall–Kier alpha value is -4.85. The van der Waals surface area contributed by atoms with E-state index in [1.807, 2.05) is 0 Å². The van der Waals surface area contributed by atoms with Gasteiger partial charge in [-0.2, -0.15) is 9.36 Å². The summed E-state index contributed by atoms with van der Waals surface area (Å²) in [5.41, 5.74) is 11.0. The van der Waals surface area contributed by atoms with Gasteiger partial charge in [0.2, 0.25) is 11.5 Å². The van der Waals surface area contributed by atoms with Crippen molar-refractivity contribution in [2.24, 2.45) is 10.9 Å². The number of nitrogens with two attached hydrogens (primary N) is 2. The molecule has 20 heteroatoms. The zero-order valence-corrected chi connectivity index (χ0v) is 21.7. The Bertz CT molecular complexity index is 1600. The number of thioether (sulfide) groups is 1. The first-order valence-corrected chi connectivity index (χ1v) is 13.0. The van der Waals surface area contributed by atoms with Crippen LogP contribution in [0.4, 0.5) is 20.1 Å². The monoisotopic (exact) mass is 592 g/mol. The second-order valence-corrected chi connectivity index (χ2v) is 10.1. The predicted molar refractivity (Wildman–Crippen MR) is 136 cm³/mol. The standard InChI is InChI=1S/C20H18FN11O6S2/c21-7-38-28-11(14-26-20(23)40-29-14)15(33)25-12-16(34)32-13(18(35)36)8(6-39-17(12)32)5-30-3-4-31-10(30)2-1-9(27-31)24-19(22)37/h1-4,12,17H,5-7H2,(H6-,22,23,24,25,26,27,29,33,35,36,37)/p+1/b28-11-/t12-,17-/m1/s1. The van der Waals surface area contributed by atoms with Gasteiger partial charge in [0, 0.05) is 28.9 Å². The number of amides is 4. The molecule has 208 valence electrons. The van der Waals surface area contributed by atoms with Crippen LogP contribution in [0, 0.1) is 0 Å². The summed E-state index contributed by atoms with van der Waals surface area (Å²) in [5.74, 6) is -2.66. The van der Waals surface area contributed by atoms with Crippen molar-refractivity contribution in [3.63, 3.8) is 0 Å². The molecule has 2 aliphatic heterocycles. The molecule has 17 nitrogen and oxygen atoms in total. The number of oxime groups is 1. The Kier molecular flexibility index (Phi) is 7.17. The summed E-state index contributed by atoms with van der Waals surface area (Å²) in [7, 11) is 0. The van der Waals surface area contributed by atoms with Gasteiger partial charge in [0.15, 0.2) is 17.1 Å². The molecule has 5 heterocycles. The summed E-state index contributed by atoms with van der Waals surface area (Å²) in [6.07, 6.45) is 3.28. The molecule has 40 heavy (non-hydrogen) atoms. The van der Waals surface area contributed by atoms with Crippen LogP contribution in [-0.4, -0.2) is 82.5 Å². The zero-order valence-electron chi connectivity index (χ0n) is 20.1. The molecule has 0 spiro atoms. The van der Waals surface area contributed by atoms with Crippen molar-refractivity contribution in [3.05, 3.63) is 41.6 Å². The summed E-state index contributed by atoms with van der Waals surface area (Å²) >= 11 is 2.03. The highest BCUT2D eigenvalue weighted by atomic mass is 32.2. The number of fused-ring (bicyclic) bond motifs is 2. The molecule has 0 aliphatic carbocycles. The average Bonchev–Trinajstić information content (AvgIpc) is 3.52. The maximum Gasteiger partial charge on any atom is 0.352 e. The van der Waals surface area contributed by atoms with Crippen molar-refractivity contribution in [1.29, 1.82) is 0 Å². The number of hydrogen-bond donors (Lipinski definition) is 5. The number of nitrogen functional groups attached to an aromatic ring is 1. The highest BCUT2D eigenvalue weighted by molar-refractivity contribution is 8.00. The predicted octanol–water partition coefficient (Wildman–Crippen LogP) is -1.37. The summed E-state index contributed by atoms with van der Waals surface area (Å²) in [4.78, 5) is 58.6. The van der Waals surface area contributed by atoms with Crippen LogP contribution in [0.1, 0.15) is 5.82 Å². The number of primary amides is 1. The summed E-state index contributed by atoms with van der Waals surface area (Å²) < 4.78 is 19.6. The number of alkyl halides is 1. The molecule has 2 aliphatic rings. The fourth-order valence-electron chi connectivity index (χ4n) is 4.14. The second kappa shape index (κ2) is 10.7. The first kappa shape index (κ1) is 26.7. The molecular formula is C20H19FN11O6S2+. The number of aliphatic carboxylic acids is 1. The van der Waals surface area contributed by atoms with Crippen LogP contribution in [0.5, 0.6) is 0 Å². The number of urea groups is 1. The topological polar surface area (TPSA) is 236 Å². The smallest absolute Gasteiger partial charge is 0.352 e. The number of imidazole rings is 1. The van der Waals surface area contributed by atoms with E-state index >= 15 is 0 Å². The van der Waals surface area contributed by atoms with E-state index < -0.39 is 47.8 Å². The van der Waals surface area contributed by atoms with Crippen LogP contribution < -0.4 is 26.7 Å². The number of β-lactam (4-membered cyclic amide) rings is 1. The van der Waals surface area contributed by atoms with E-state index in [9.17, 15) is 28.7 Å². The SMILES string of the molecule is NC(=O)Nc1ccc2n(cc[n+]2CC2=C(C(=O)O)N3C(=O)[C@@H](NC(=O)/C(=N\OCF)c4nsc(N)n4)[C@H]3SC2)n1. The van der Waals surface area contributed by atoms with Gasteiger partial charge in [-0.15, -0.1) is 11.8 Å². The van der Waals surface area contributed by atoms with Crippen molar-refractivity contribution >= 4 is 69.4 Å². The van der Waals surface area contributed by atoms with Gasteiger partial charge < -0.3 is 26.7 Å². The third kappa shape index (κ3) is 4.96. The molecule has 0 bridgehead atoms. The van der Waals surface area contributed by atoms with Gasteiger partial charge in [0.1, 0.15) is 29.9 Å². The number of aromatic nitrogens is 5. The summed E-state index contributed by atoms with van der Waals surface area (Å²) in [6.45, 7) is -1.20. The maximum absolute atomic E-state index is 13.1. The van der Waals surface area contributed by atoms with Crippen molar-refractivity contribution in [2.45, 2.75) is 18.0 Å². The summed E-state index contributed by atoms with van der Waals surface area (Å²) in [6, 6.07) is 1.33. The molecule has 4 amide bonds. The number of rotatable bonds is 9. The van der Waals surface area contributed by atoms with E-state index in [2.05, 4.69) is 35.1 Å². The largest absolute Gasteiger partial charge is 0.477 e. The Morgan fingerprint density at radius 1 is 1.35 bits per heavy atom. The number of nitrogens with zero attached hydrogens (tertiary/aromatic N) is 7. The lowest BCUT2D eigenvalue weighted by Gasteiger charge is -2.49. The van der Waals surface area contributed by atoms with E-state index in [0.717, 1.165) is 16.4 Å². The van der Waals surface area contributed by atoms with Crippen LogP contribution >= 0.6 is 23.3 Å². The van der Waals surface area contributed by atoms with Crippen molar-refractivity contribution in [1.82, 2.24) is 29.2 Å². The third-order valence-electron chi connectivity index (χ3n) is 5.74. The van der Waals surface area contributed by atoms with E-state index in [-0.39, 0.29) is 34.8 Å². The van der Waals surface area contributed by atoms with Gasteiger partial charge >= 0.3 is 17.6 Å². The minimum atomic E-state index is -1.32. The molecule has 0 aromatic carbocycles. The molecule has 7 N–H and O–H groups in total. The van der Waals surface area contributed by atoms with Gasteiger partial charge in [0.05, 0.1) is 0 Å². The highest BCUT2D eigenvalue weighted by Crippen LogP contribution is 2.40. The van der Waals surface area contributed by atoms with Crippen molar-refractivity contribution < 1.29 is 38.1 Å². The lowest BCUT2D eigenvalue weighted by Crippen LogP contribution is -2.71. The fourth-order valence-corrected chi connectivity index (χ4v) is 5.91. The van der Waals surface area contributed by atoms with E-state index in [0.29, 0.717) is 11.2 Å². The molecular weight excluding hydrogens is 573 g/mol. The molecule has 5 rings (SSSR count). The molecule has 1 fully saturated rings. The lowest BCUT2D eigenvalue weighted by atomic mass is 10.0. The van der Waals surface area contributed by atoms with Crippen LogP contribution in [-0.2, 0) is 25.8 Å². The van der Waals surface area contributed by atoms with E-state index in [1.54, 1.807) is 23.0 Å².